The molecule has 3 heterocycles. The largest absolute Gasteiger partial charge is 0.345 e. The molecule has 1 amide bonds. The first-order valence-electron chi connectivity index (χ1n) is 9.30. The molecule has 4 rings (SSSR count). The van der Waals surface area contributed by atoms with Crippen LogP contribution in [0.25, 0.3) is 10.2 Å². The molecule has 0 saturated carbocycles. The van der Waals surface area contributed by atoms with Gasteiger partial charge in [-0.3, -0.25) is 9.69 Å². The molecule has 5 nitrogen and oxygen atoms in total. The van der Waals surface area contributed by atoms with Crippen LogP contribution >= 0.6 is 11.3 Å². The van der Waals surface area contributed by atoms with Crippen LogP contribution in [0.1, 0.15) is 19.8 Å². The lowest BCUT2D eigenvalue weighted by Crippen LogP contribution is -2.51. The number of carbonyl (C=O) groups excluding carboxylic acids is 1. The van der Waals surface area contributed by atoms with Gasteiger partial charge in [-0.25, -0.2) is 4.98 Å². The molecular weight excluding hydrogens is 332 g/mol. The topological polar surface area (TPSA) is 39.7 Å². The predicted octanol–water partition coefficient (Wildman–Crippen LogP) is 2.68. The van der Waals surface area contributed by atoms with Crippen LogP contribution in [-0.2, 0) is 4.79 Å². The summed E-state index contributed by atoms with van der Waals surface area (Å²) in [6.07, 6.45) is 2.41. The van der Waals surface area contributed by atoms with Crippen molar-refractivity contribution < 1.29 is 4.79 Å². The van der Waals surface area contributed by atoms with Gasteiger partial charge in [0.25, 0.3) is 0 Å². The predicted molar refractivity (Wildman–Crippen MR) is 103 cm³/mol. The van der Waals surface area contributed by atoms with Crippen LogP contribution in [0.5, 0.6) is 0 Å². The number of likely N-dealkylation sites (tertiary alicyclic amines) is 1. The zero-order chi connectivity index (χ0) is 17.2. The van der Waals surface area contributed by atoms with E-state index in [1.54, 1.807) is 11.3 Å². The van der Waals surface area contributed by atoms with Crippen molar-refractivity contribution in [2.75, 3.05) is 50.7 Å². The van der Waals surface area contributed by atoms with Crippen LogP contribution in [0.2, 0.25) is 0 Å². The van der Waals surface area contributed by atoms with Gasteiger partial charge in [-0.05, 0) is 30.9 Å². The number of amides is 1. The van der Waals surface area contributed by atoms with E-state index in [4.69, 9.17) is 4.98 Å². The van der Waals surface area contributed by atoms with E-state index in [9.17, 15) is 4.79 Å². The van der Waals surface area contributed by atoms with E-state index in [0.717, 1.165) is 56.3 Å². The van der Waals surface area contributed by atoms with Crippen LogP contribution in [0, 0.1) is 5.92 Å². The Hall–Kier alpha value is -1.66. The number of thiazole rings is 1. The number of para-hydroxylation sites is 1. The summed E-state index contributed by atoms with van der Waals surface area (Å²) in [6.45, 7) is 8.46. The second-order valence-electron chi connectivity index (χ2n) is 7.31. The minimum atomic E-state index is 0.306. The SMILES string of the molecule is CC1CCCN(C(=O)CN2CCN(c3nc4ccccc4s3)CC2)C1. The second kappa shape index (κ2) is 7.30. The maximum atomic E-state index is 12.5. The summed E-state index contributed by atoms with van der Waals surface area (Å²) in [6, 6.07) is 8.31. The van der Waals surface area contributed by atoms with Crippen molar-refractivity contribution in [2.45, 2.75) is 19.8 Å². The Labute approximate surface area is 153 Å². The molecule has 0 bridgehead atoms. The average molecular weight is 359 g/mol. The molecule has 0 aliphatic carbocycles. The molecule has 1 unspecified atom stereocenters. The minimum Gasteiger partial charge on any atom is -0.345 e. The lowest BCUT2D eigenvalue weighted by Gasteiger charge is -2.36. The van der Waals surface area contributed by atoms with Gasteiger partial charge >= 0.3 is 0 Å². The van der Waals surface area contributed by atoms with E-state index in [1.807, 2.05) is 6.07 Å². The van der Waals surface area contributed by atoms with Crippen molar-refractivity contribution in [3.8, 4) is 0 Å². The number of carbonyl (C=O) groups is 1. The van der Waals surface area contributed by atoms with E-state index in [0.29, 0.717) is 18.4 Å². The smallest absolute Gasteiger partial charge is 0.236 e. The molecular formula is C19H26N4OS. The van der Waals surface area contributed by atoms with Crippen LogP contribution in [-0.4, -0.2) is 66.5 Å². The Balaban J connectivity index is 1.31. The molecule has 1 aromatic carbocycles. The monoisotopic (exact) mass is 358 g/mol. The van der Waals surface area contributed by atoms with E-state index < -0.39 is 0 Å². The first-order valence-corrected chi connectivity index (χ1v) is 10.1. The number of aromatic nitrogens is 1. The highest BCUT2D eigenvalue weighted by atomic mass is 32.1. The Morgan fingerprint density at radius 1 is 1.20 bits per heavy atom. The summed E-state index contributed by atoms with van der Waals surface area (Å²) in [7, 11) is 0. The first-order chi connectivity index (χ1) is 12.2. The molecule has 0 spiro atoms. The minimum absolute atomic E-state index is 0.306. The van der Waals surface area contributed by atoms with Gasteiger partial charge in [-0.1, -0.05) is 30.4 Å². The van der Waals surface area contributed by atoms with Gasteiger partial charge in [0.1, 0.15) is 0 Å². The standard InChI is InChI=1S/C19H26N4OS/c1-15-5-4-8-23(13-15)18(24)14-21-9-11-22(12-10-21)19-20-16-6-2-3-7-17(16)25-19/h2-3,6-7,15H,4-5,8-14H2,1H3. The van der Waals surface area contributed by atoms with Gasteiger partial charge < -0.3 is 9.80 Å². The molecule has 2 fully saturated rings. The fraction of sp³-hybridized carbons (Fsp3) is 0.579. The number of fused-ring (bicyclic) bond motifs is 1. The van der Waals surface area contributed by atoms with Crippen LogP contribution in [0.3, 0.4) is 0 Å². The van der Waals surface area contributed by atoms with Crippen molar-refractivity contribution in [2.24, 2.45) is 5.92 Å². The van der Waals surface area contributed by atoms with Gasteiger partial charge in [0, 0.05) is 39.3 Å². The highest BCUT2D eigenvalue weighted by Gasteiger charge is 2.25. The van der Waals surface area contributed by atoms with E-state index >= 15 is 0 Å². The maximum absolute atomic E-state index is 12.5. The first kappa shape index (κ1) is 16.8. The van der Waals surface area contributed by atoms with Crippen LogP contribution in [0.4, 0.5) is 5.13 Å². The third-order valence-corrected chi connectivity index (χ3v) is 6.39. The summed E-state index contributed by atoms with van der Waals surface area (Å²) in [5.41, 5.74) is 1.08. The second-order valence-corrected chi connectivity index (χ2v) is 8.32. The van der Waals surface area contributed by atoms with Gasteiger partial charge in [0.15, 0.2) is 5.13 Å². The maximum Gasteiger partial charge on any atom is 0.236 e. The molecule has 2 saturated heterocycles. The van der Waals surface area contributed by atoms with Crippen molar-refractivity contribution in [3.63, 3.8) is 0 Å². The van der Waals surface area contributed by atoms with Crippen LogP contribution in [0.15, 0.2) is 24.3 Å². The highest BCUT2D eigenvalue weighted by Crippen LogP contribution is 2.29. The lowest BCUT2D eigenvalue weighted by atomic mass is 10.0. The zero-order valence-electron chi connectivity index (χ0n) is 14.9. The van der Waals surface area contributed by atoms with Crippen molar-refractivity contribution in [3.05, 3.63) is 24.3 Å². The average Bonchev–Trinajstić information content (AvgIpc) is 3.06. The van der Waals surface area contributed by atoms with Crippen molar-refractivity contribution >= 4 is 32.6 Å². The number of anilines is 1. The summed E-state index contributed by atoms with van der Waals surface area (Å²) in [4.78, 5) is 24.0. The molecule has 1 atom stereocenters. The number of piperidine rings is 1. The summed E-state index contributed by atoms with van der Waals surface area (Å²) < 4.78 is 1.24. The van der Waals surface area contributed by atoms with E-state index in [2.05, 4.69) is 39.8 Å². The molecule has 25 heavy (non-hydrogen) atoms. The summed E-state index contributed by atoms with van der Waals surface area (Å²) >= 11 is 1.76. The van der Waals surface area contributed by atoms with E-state index in [1.165, 1.54) is 11.1 Å². The number of benzene rings is 1. The van der Waals surface area contributed by atoms with Crippen molar-refractivity contribution in [1.29, 1.82) is 0 Å². The van der Waals surface area contributed by atoms with Gasteiger partial charge in [-0.2, -0.15) is 0 Å². The molecule has 134 valence electrons. The fourth-order valence-corrected chi connectivity index (χ4v) is 4.82. The highest BCUT2D eigenvalue weighted by molar-refractivity contribution is 7.22. The number of hydrogen-bond donors (Lipinski definition) is 0. The summed E-state index contributed by atoms with van der Waals surface area (Å²) in [5, 5.41) is 1.11. The van der Waals surface area contributed by atoms with E-state index in [-0.39, 0.29) is 0 Å². The van der Waals surface area contributed by atoms with Gasteiger partial charge in [0.2, 0.25) is 5.91 Å². The Morgan fingerprint density at radius 3 is 2.76 bits per heavy atom. The van der Waals surface area contributed by atoms with Crippen molar-refractivity contribution in [1.82, 2.24) is 14.8 Å². The number of hydrogen-bond acceptors (Lipinski definition) is 5. The fourth-order valence-electron chi connectivity index (χ4n) is 3.80. The Morgan fingerprint density at radius 2 is 2.00 bits per heavy atom. The molecule has 2 aromatic rings. The normalized spacial score (nSPS) is 22.5. The number of piperazine rings is 1. The zero-order valence-corrected chi connectivity index (χ0v) is 15.7. The van der Waals surface area contributed by atoms with Gasteiger partial charge in [-0.15, -0.1) is 0 Å². The summed E-state index contributed by atoms with van der Waals surface area (Å²) in [5.74, 6) is 0.952. The Bertz CT molecular complexity index is 705. The number of rotatable bonds is 3. The molecule has 1 aromatic heterocycles. The Kier molecular flexibility index (Phi) is 4.90. The molecule has 0 radical (unpaired) electrons. The molecule has 2 aliphatic rings. The quantitative estimate of drug-likeness (QED) is 0.846. The third-order valence-electron chi connectivity index (χ3n) is 5.29. The molecule has 2 aliphatic heterocycles. The molecule has 0 N–H and O–H groups in total. The van der Waals surface area contributed by atoms with Gasteiger partial charge in [0.05, 0.1) is 16.8 Å². The number of nitrogens with zero attached hydrogens (tertiary/aromatic N) is 4. The molecule has 6 heteroatoms. The third kappa shape index (κ3) is 3.80. The van der Waals surface area contributed by atoms with Crippen LogP contribution < -0.4 is 4.90 Å². The lowest BCUT2D eigenvalue weighted by molar-refractivity contribution is -0.134.